The Balaban J connectivity index is 2.63. The van der Waals surface area contributed by atoms with Crippen molar-refractivity contribution < 1.29 is 28.7 Å². The first-order valence-corrected chi connectivity index (χ1v) is 14.8. The van der Waals surface area contributed by atoms with Gasteiger partial charge in [0, 0.05) is 12.0 Å². The summed E-state index contributed by atoms with van der Waals surface area (Å²) < 4.78 is 11.0. The summed E-state index contributed by atoms with van der Waals surface area (Å²) in [7, 11) is 0. The quantitative estimate of drug-likeness (QED) is 0.212. The number of terminal acetylenes is 1. The minimum atomic E-state index is -1.44. The summed E-state index contributed by atoms with van der Waals surface area (Å²) >= 11 is 0. The second-order valence-electron chi connectivity index (χ2n) is 12.9. The molecule has 240 valence electrons. The van der Waals surface area contributed by atoms with Crippen molar-refractivity contribution >= 4 is 23.9 Å². The third kappa shape index (κ3) is 11.3. The first-order valence-electron chi connectivity index (χ1n) is 14.8. The predicted octanol–water partition coefficient (Wildman–Crippen LogP) is 4.68. The van der Waals surface area contributed by atoms with Crippen LogP contribution in [0.5, 0.6) is 0 Å². The molecule has 10 heteroatoms. The first-order chi connectivity index (χ1) is 21.0. The maximum atomic E-state index is 14.3. The molecule has 10 nitrogen and oxygen atoms in total. The van der Waals surface area contributed by atoms with E-state index in [0.717, 1.165) is 10.5 Å². The number of amides is 3. The Morgan fingerprint density at radius 2 is 1.47 bits per heavy atom. The molecule has 2 rings (SSSR count). The highest BCUT2D eigenvalue weighted by molar-refractivity contribution is 5.94. The van der Waals surface area contributed by atoms with Gasteiger partial charge in [0.05, 0.1) is 6.07 Å². The molecule has 2 aromatic rings. The van der Waals surface area contributed by atoms with E-state index in [1.165, 1.54) is 0 Å². The van der Waals surface area contributed by atoms with E-state index >= 15 is 0 Å². The van der Waals surface area contributed by atoms with E-state index in [-0.39, 0.29) is 12.0 Å². The van der Waals surface area contributed by atoms with Gasteiger partial charge in [-0.2, -0.15) is 5.26 Å². The Morgan fingerprint density at radius 3 is 2.00 bits per heavy atom. The topological polar surface area (TPSA) is 138 Å². The zero-order valence-corrected chi connectivity index (χ0v) is 27.3. The van der Waals surface area contributed by atoms with Crippen molar-refractivity contribution in [1.82, 2.24) is 15.5 Å². The number of carbonyl (C=O) groups excluding carboxylic acids is 4. The van der Waals surface area contributed by atoms with Crippen LogP contribution in [0.4, 0.5) is 4.79 Å². The zero-order chi connectivity index (χ0) is 33.9. The summed E-state index contributed by atoms with van der Waals surface area (Å²) in [6, 6.07) is 13.8. The maximum absolute atomic E-state index is 14.3. The average molecular weight is 617 g/mol. The fourth-order valence-corrected chi connectivity index (χ4v) is 4.48. The van der Waals surface area contributed by atoms with Crippen LogP contribution in [0.15, 0.2) is 54.6 Å². The van der Waals surface area contributed by atoms with Gasteiger partial charge < -0.3 is 25.0 Å². The number of ether oxygens (including phenoxy) is 2. The lowest BCUT2D eigenvalue weighted by Crippen LogP contribution is -2.56. The van der Waals surface area contributed by atoms with Crippen LogP contribution >= 0.6 is 0 Å². The van der Waals surface area contributed by atoms with E-state index < -0.39 is 65.7 Å². The van der Waals surface area contributed by atoms with E-state index in [9.17, 15) is 24.4 Å². The van der Waals surface area contributed by atoms with Gasteiger partial charge in [-0.1, -0.05) is 68.3 Å². The molecule has 0 aliphatic carbocycles. The molecule has 3 atom stereocenters. The molecule has 0 saturated heterocycles. The molecular weight excluding hydrogens is 572 g/mol. The van der Waals surface area contributed by atoms with E-state index in [1.54, 1.807) is 79.7 Å². The van der Waals surface area contributed by atoms with Gasteiger partial charge in [-0.3, -0.25) is 9.59 Å². The van der Waals surface area contributed by atoms with Gasteiger partial charge in [0.25, 0.3) is 0 Å². The minimum absolute atomic E-state index is 0.103. The highest BCUT2D eigenvalue weighted by atomic mass is 16.6. The second-order valence-corrected chi connectivity index (χ2v) is 12.9. The number of nitrogens with zero attached hydrogens (tertiary/aromatic N) is 2. The molecule has 2 aromatic carbocycles. The molecule has 0 radical (unpaired) electrons. The van der Waals surface area contributed by atoms with Crippen LogP contribution < -0.4 is 10.6 Å². The molecule has 0 fully saturated rings. The van der Waals surface area contributed by atoms with Crippen LogP contribution in [0.1, 0.15) is 78.1 Å². The summed E-state index contributed by atoms with van der Waals surface area (Å²) in [5.74, 6) is -0.0483. The van der Waals surface area contributed by atoms with E-state index in [2.05, 4.69) is 16.6 Å². The maximum Gasteiger partial charge on any atom is 0.408 e. The number of hydrogen-bond donors (Lipinski definition) is 2. The fourth-order valence-electron chi connectivity index (χ4n) is 4.48. The molecule has 0 aromatic heterocycles. The number of rotatable bonds is 11. The normalized spacial score (nSPS) is 13.3. The SMILES string of the molecule is C#Cc1ccccc1C(C(=O)NC(Cc1ccccc1)C(=O)OC(C)(C)C)N(CC#N)C(=O)C(NC(=O)OC(C)(C)C)C(C)C. The van der Waals surface area contributed by atoms with Crippen LogP contribution in [0.3, 0.4) is 0 Å². The highest BCUT2D eigenvalue weighted by Gasteiger charge is 2.40. The Labute approximate surface area is 266 Å². The lowest BCUT2D eigenvalue weighted by molar-refractivity contribution is -0.159. The summed E-state index contributed by atoms with van der Waals surface area (Å²) in [4.78, 5) is 55.6. The van der Waals surface area contributed by atoms with Crippen molar-refractivity contribution in [2.45, 2.75) is 91.1 Å². The molecule has 0 aliphatic rings. The van der Waals surface area contributed by atoms with Crippen LogP contribution in [-0.4, -0.2) is 58.6 Å². The lowest BCUT2D eigenvalue weighted by atomic mass is 9.95. The highest BCUT2D eigenvalue weighted by Crippen LogP contribution is 2.27. The lowest BCUT2D eigenvalue weighted by Gasteiger charge is -2.35. The predicted molar refractivity (Wildman–Crippen MR) is 170 cm³/mol. The number of hydrogen-bond acceptors (Lipinski definition) is 7. The fraction of sp³-hybridized carbons (Fsp3) is 0.457. The van der Waals surface area contributed by atoms with Crippen LogP contribution in [0.2, 0.25) is 0 Å². The summed E-state index contributed by atoms with van der Waals surface area (Å²) in [6.45, 7) is 13.1. The van der Waals surface area contributed by atoms with E-state index in [0.29, 0.717) is 5.56 Å². The summed E-state index contributed by atoms with van der Waals surface area (Å²) in [5, 5.41) is 15.2. The smallest absolute Gasteiger partial charge is 0.408 e. The molecule has 0 bridgehead atoms. The number of nitrogens with one attached hydrogen (secondary N) is 2. The molecular formula is C35H44N4O6. The summed E-state index contributed by atoms with van der Waals surface area (Å²) in [6.07, 6.45) is 5.07. The van der Waals surface area contributed by atoms with Crippen LogP contribution in [-0.2, 0) is 30.3 Å². The number of nitriles is 1. The van der Waals surface area contributed by atoms with Crippen molar-refractivity contribution in [2.75, 3.05) is 6.54 Å². The molecule has 3 unspecified atom stereocenters. The van der Waals surface area contributed by atoms with Gasteiger partial charge in [-0.15, -0.1) is 6.42 Å². The van der Waals surface area contributed by atoms with Crippen LogP contribution in [0.25, 0.3) is 0 Å². The molecule has 0 aliphatic heterocycles. The second kappa shape index (κ2) is 15.8. The van der Waals surface area contributed by atoms with E-state index in [4.69, 9.17) is 15.9 Å². The molecule has 0 spiro atoms. The Morgan fingerprint density at radius 1 is 0.889 bits per heavy atom. The first kappa shape index (κ1) is 36.4. The monoisotopic (exact) mass is 616 g/mol. The minimum Gasteiger partial charge on any atom is -0.458 e. The molecule has 45 heavy (non-hydrogen) atoms. The van der Waals surface area contributed by atoms with Crippen molar-refractivity contribution in [1.29, 1.82) is 5.26 Å². The van der Waals surface area contributed by atoms with Crippen molar-refractivity contribution in [2.24, 2.45) is 5.92 Å². The van der Waals surface area contributed by atoms with Gasteiger partial charge in [0.2, 0.25) is 11.8 Å². The Kier molecular flexibility index (Phi) is 12.7. The third-order valence-electron chi connectivity index (χ3n) is 6.39. The van der Waals surface area contributed by atoms with Gasteiger partial charge in [-0.25, -0.2) is 9.59 Å². The van der Waals surface area contributed by atoms with Gasteiger partial charge in [0.15, 0.2) is 0 Å². The number of esters is 1. The zero-order valence-electron chi connectivity index (χ0n) is 27.3. The molecule has 0 heterocycles. The van der Waals surface area contributed by atoms with Gasteiger partial charge in [0.1, 0.15) is 35.9 Å². The van der Waals surface area contributed by atoms with E-state index in [1.807, 2.05) is 36.4 Å². The standard InChI is InChI=1S/C35H44N4O6/c1-10-25-18-14-15-19-26(25)29(39(21-20-36)31(41)28(23(2)3)38-33(43)45-35(7,8)9)30(40)37-27(32(42)44-34(4,5)6)22-24-16-12-11-13-17-24/h1,11-19,23,27-29H,21-22H2,2-9H3,(H,37,40)(H,38,43). The third-order valence-corrected chi connectivity index (χ3v) is 6.39. The summed E-state index contributed by atoms with van der Waals surface area (Å²) in [5.41, 5.74) is -0.326. The molecule has 2 N–H and O–H groups in total. The van der Waals surface area contributed by atoms with Gasteiger partial charge >= 0.3 is 12.1 Å². The van der Waals surface area contributed by atoms with Crippen molar-refractivity contribution in [3.8, 4) is 18.4 Å². The largest absolute Gasteiger partial charge is 0.458 e. The van der Waals surface area contributed by atoms with Crippen molar-refractivity contribution in [3.63, 3.8) is 0 Å². The molecule has 3 amide bonds. The number of alkyl carbamates (subject to hydrolysis) is 1. The number of benzene rings is 2. The number of carbonyl (C=O) groups is 4. The van der Waals surface area contributed by atoms with Gasteiger partial charge in [-0.05, 0) is 64.7 Å². The Bertz CT molecular complexity index is 1430. The Hall–Kier alpha value is -4.83. The van der Waals surface area contributed by atoms with Crippen LogP contribution in [0, 0.1) is 29.6 Å². The molecule has 0 saturated carbocycles. The average Bonchev–Trinajstić information content (AvgIpc) is 2.93. The van der Waals surface area contributed by atoms with Crippen molar-refractivity contribution in [3.05, 3.63) is 71.3 Å².